The van der Waals surface area contributed by atoms with Crippen LogP contribution in [0, 0.1) is 5.92 Å². The fraction of sp³-hybridized carbons (Fsp3) is 0.529. The SMILES string of the molecule is COCC1CN(C(=O)c2ccnnc2)Cc2ncn(CC3CC3)c21. The van der Waals surface area contributed by atoms with Gasteiger partial charge in [0.05, 0.1) is 43.1 Å². The molecule has 0 saturated heterocycles. The molecule has 0 spiro atoms. The van der Waals surface area contributed by atoms with Crippen molar-refractivity contribution >= 4 is 5.91 Å². The van der Waals surface area contributed by atoms with Gasteiger partial charge < -0.3 is 14.2 Å². The molecule has 1 saturated carbocycles. The molecule has 1 aliphatic carbocycles. The smallest absolute Gasteiger partial charge is 0.255 e. The molecule has 1 unspecified atom stereocenters. The molecule has 2 aromatic rings. The summed E-state index contributed by atoms with van der Waals surface area (Å²) in [5, 5.41) is 7.54. The molecule has 0 bridgehead atoms. The van der Waals surface area contributed by atoms with Gasteiger partial charge in [-0.2, -0.15) is 10.2 Å². The van der Waals surface area contributed by atoms with E-state index in [1.54, 1.807) is 19.4 Å². The van der Waals surface area contributed by atoms with Gasteiger partial charge in [-0.05, 0) is 24.8 Å². The zero-order chi connectivity index (χ0) is 16.5. The molecule has 2 aliphatic rings. The molecule has 0 radical (unpaired) electrons. The average Bonchev–Trinajstić information content (AvgIpc) is 3.34. The van der Waals surface area contributed by atoms with Crippen LogP contribution in [0.1, 0.15) is 40.5 Å². The van der Waals surface area contributed by atoms with E-state index >= 15 is 0 Å². The van der Waals surface area contributed by atoms with Crippen molar-refractivity contribution < 1.29 is 9.53 Å². The normalized spacial score (nSPS) is 20.0. The van der Waals surface area contributed by atoms with E-state index < -0.39 is 0 Å². The van der Waals surface area contributed by atoms with Crippen LogP contribution in [0.3, 0.4) is 0 Å². The minimum absolute atomic E-state index is 0.0339. The Bertz CT molecular complexity index is 726. The molecule has 7 nitrogen and oxygen atoms in total. The van der Waals surface area contributed by atoms with Gasteiger partial charge in [0.15, 0.2) is 0 Å². The average molecular weight is 327 g/mol. The van der Waals surface area contributed by atoms with Crippen LogP contribution in [0.25, 0.3) is 0 Å². The van der Waals surface area contributed by atoms with Gasteiger partial charge in [0.1, 0.15) is 0 Å². The van der Waals surface area contributed by atoms with Crippen LogP contribution in [-0.2, 0) is 17.8 Å². The monoisotopic (exact) mass is 327 g/mol. The summed E-state index contributed by atoms with van der Waals surface area (Å²) in [7, 11) is 1.70. The van der Waals surface area contributed by atoms with Crippen LogP contribution in [0.2, 0.25) is 0 Å². The first kappa shape index (κ1) is 15.3. The number of hydrogen-bond donors (Lipinski definition) is 0. The molecule has 1 atom stereocenters. The number of aromatic nitrogens is 4. The molecule has 3 heterocycles. The van der Waals surface area contributed by atoms with Gasteiger partial charge in [-0.3, -0.25) is 4.79 Å². The molecule has 126 valence electrons. The minimum Gasteiger partial charge on any atom is -0.384 e. The maximum atomic E-state index is 12.7. The Morgan fingerprint density at radius 3 is 2.96 bits per heavy atom. The molecular weight excluding hydrogens is 306 g/mol. The molecule has 7 heteroatoms. The third kappa shape index (κ3) is 2.91. The summed E-state index contributed by atoms with van der Waals surface area (Å²) >= 11 is 0. The number of imidazole rings is 1. The predicted octanol–water partition coefficient (Wildman–Crippen LogP) is 1.47. The lowest BCUT2D eigenvalue weighted by atomic mass is 9.98. The largest absolute Gasteiger partial charge is 0.384 e. The lowest BCUT2D eigenvalue weighted by molar-refractivity contribution is 0.0671. The highest BCUT2D eigenvalue weighted by Gasteiger charge is 2.33. The van der Waals surface area contributed by atoms with Gasteiger partial charge in [0.2, 0.25) is 0 Å². The Balaban J connectivity index is 1.60. The summed E-state index contributed by atoms with van der Waals surface area (Å²) in [5.74, 6) is 0.904. The highest BCUT2D eigenvalue weighted by molar-refractivity contribution is 5.93. The molecular formula is C17H21N5O2. The van der Waals surface area contributed by atoms with Crippen molar-refractivity contribution in [3.05, 3.63) is 41.7 Å². The first-order valence-corrected chi connectivity index (χ1v) is 8.35. The quantitative estimate of drug-likeness (QED) is 0.831. The lowest BCUT2D eigenvalue weighted by Gasteiger charge is -2.33. The Morgan fingerprint density at radius 1 is 1.38 bits per heavy atom. The Labute approximate surface area is 140 Å². The second-order valence-corrected chi connectivity index (χ2v) is 6.64. The van der Waals surface area contributed by atoms with Gasteiger partial charge in [0.25, 0.3) is 5.91 Å². The number of amides is 1. The third-order valence-electron chi connectivity index (χ3n) is 4.76. The zero-order valence-electron chi connectivity index (χ0n) is 13.8. The number of ether oxygens (including phenoxy) is 1. The van der Waals surface area contributed by atoms with E-state index in [2.05, 4.69) is 19.7 Å². The van der Waals surface area contributed by atoms with E-state index in [9.17, 15) is 4.79 Å². The van der Waals surface area contributed by atoms with Gasteiger partial charge in [-0.25, -0.2) is 4.98 Å². The molecule has 24 heavy (non-hydrogen) atoms. The minimum atomic E-state index is -0.0339. The van der Waals surface area contributed by atoms with E-state index in [4.69, 9.17) is 4.74 Å². The molecule has 2 aromatic heterocycles. The molecule has 1 amide bonds. The molecule has 0 aromatic carbocycles. The first-order chi connectivity index (χ1) is 11.8. The standard InChI is InChI=1S/C17H21N5O2/c1-24-10-14-8-21(17(23)13-4-5-19-20-6-13)9-15-16(14)22(11-18-15)7-12-2-3-12/h4-6,11-12,14H,2-3,7-10H2,1H3. The predicted molar refractivity (Wildman–Crippen MR) is 86.3 cm³/mol. The van der Waals surface area contributed by atoms with Crippen molar-refractivity contribution in [3.8, 4) is 0 Å². The topological polar surface area (TPSA) is 73.1 Å². The number of hydrogen-bond acceptors (Lipinski definition) is 5. The molecule has 4 rings (SSSR count). The number of rotatable bonds is 5. The number of methoxy groups -OCH3 is 1. The van der Waals surface area contributed by atoms with E-state index in [1.165, 1.54) is 24.7 Å². The Kier molecular flexibility index (Phi) is 4.02. The van der Waals surface area contributed by atoms with Gasteiger partial charge in [0, 0.05) is 31.8 Å². The summed E-state index contributed by atoms with van der Waals surface area (Å²) in [5.41, 5.74) is 2.78. The van der Waals surface area contributed by atoms with E-state index in [0.29, 0.717) is 25.3 Å². The van der Waals surface area contributed by atoms with Gasteiger partial charge >= 0.3 is 0 Å². The number of carbonyl (C=O) groups is 1. The van der Waals surface area contributed by atoms with Gasteiger partial charge in [-0.1, -0.05) is 0 Å². The Morgan fingerprint density at radius 2 is 2.25 bits per heavy atom. The fourth-order valence-electron chi connectivity index (χ4n) is 3.43. The van der Waals surface area contributed by atoms with Crippen LogP contribution in [-0.4, -0.2) is 50.8 Å². The van der Waals surface area contributed by atoms with Crippen molar-refractivity contribution in [2.24, 2.45) is 5.92 Å². The van der Waals surface area contributed by atoms with Crippen LogP contribution in [0.15, 0.2) is 24.8 Å². The maximum absolute atomic E-state index is 12.7. The number of fused-ring (bicyclic) bond motifs is 1. The highest BCUT2D eigenvalue weighted by atomic mass is 16.5. The van der Waals surface area contributed by atoms with Crippen LogP contribution in [0.5, 0.6) is 0 Å². The second-order valence-electron chi connectivity index (χ2n) is 6.64. The maximum Gasteiger partial charge on any atom is 0.255 e. The summed E-state index contributed by atoms with van der Waals surface area (Å²) in [6.07, 6.45) is 7.59. The van der Waals surface area contributed by atoms with Crippen LogP contribution >= 0.6 is 0 Å². The summed E-state index contributed by atoms with van der Waals surface area (Å²) in [4.78, 5) is 19.1. The zero-order valence-corrected chi connectivity index (χ0v) is 13.8. The van der Waals surface area contributed by atoms with Crippen LogP contribution in [0.4, 0.5) is 0 Å². The first-order valence-electron chi connectivity index (χ1n) is 8.35. The Hall–Kier alpha value is -2.28. The number of carbonyl (C=O) groups excluding carboxylic acids is 1. The fourth-order valence-corrected chi connectivity index (χ4v) is 3.43. The van der Waals surface area contributed by atoms with Crippen molar-refractivity contribution in [2.45, 2.75) is 31.8 Å². The molecule has 1 aliphatic heterocycles. The molecule has 1 fully saturated rings. The van der Waals surface area contributed by atoms with Crippen molar-refractivity contribution in [2.75, 3.05) is 20.3 Å². The van der Waals surface area contributed by atoms with E-state index in [1.807, 2.05) is 11.2 Å². The van der Waals surface area contributed by atoms with E-state index in [-0.39, 0.29) is 11.8 Å². The lowest BCUT2D eigenvalue weighted by Crippen LogP contribution is -2.40. The summed E-state index contributed by atoms with van der Waals surface area (Å²) in [6, 6.07) is 1.70. The highest BCUT2D eigenvalue weighted by Crippen LogP contribution is 2.34. The summed E-state index contributed by atoms with van der Waals surface area (Å²) in [6.45, 7) is 2.79. The molecule has 0 N–H and O–H groups in total. The second kappa shape index (κ2) is 6.32. The van der Waals surface area contributed by atoms with E-state index in [0.717, 1.165) is 18.2 Å². The van der Waals surface area contributed by atoms with Crippen molar-refractivity contribution in [1.82, 2.24) is 24.6 Å². The number of nitrogens with zero attached hydrogens (tertiary/aromatic N) is 5. The third-order valence-corrected chi connectivity index (χ3v) is 4.76. The summed E-state index contributed by atoms with van der Waals surface area (Å²) < 4.78 is 7.69. The van der Waals surface area contributed by atoms with Crippen molar-refractivity contribution in [1.29, 1.82) is 0 Å². The van der Waals surface area contributed by atoms with Crippen LogP contribution < -0.4 is 0 Å². The van der Waals surface area contributed by atoms with Crippen molar-refractivity contribution in [3.63, 3.8) is 0 Å². The van der Waals surface area contributed by atoms with Gasteiger partial charge in [-0.15, -0.1) is 0 Å².